The summed E-state index contributed by atoms with van der Waals surface area (Å²) in [5, 5.41) is 0.383. The standard InChI is InChI=1S/C17H12F3NO3S2/c18-13-5-3-12(4-6-13)15-9-21-17(24-15)25-10-11-1-7-14(8-2-11)26(22,23)16(19)20/h1-9,16H,10H2. The second-order valence-corrected chi connectivity index (χ2v) is 8.08. The summed E-state index contributed by atoms with van der Waals surface area (Å²) in [4.78, 5) is 3.70. The third-order valence-corrected chi connectivity index (χ3v) is 5.77. The van der Waals surface area contributed by atoms with Crippen LogP contribution in [-0.2, 0) is 15.6 Å². The van der Waals surface area contributed by atoms with Gasteiger partial charge in [0, 0.05) is 11.3 Å². The molecule has 0 N–H and O–H groups in total. The van der Waals surface area contributed by atoms with Crippen molar-refractivity contribution in [1.29, 1.82) is 0 Å². The molecule has 0 radical (unpaired) electrons. The Hall–Kier alpha value is -2.26. The van der Waals surface area contributed by atoms with Crippen molar-refractivity contribution in [2.24, 2.45) is 0 Å². The number of nitrogens with zero attached hydrogens (tertiary/aromatic N) is 1. The fraction of sp³-hybridized carbons (Fsp3) is 0.118. The Morgan fingerprint density at radius 3 is 2.31 bits per heavy atom. The smallest absolute Gasteiger partial charge is 0.341 e. The van der Waals surface area contributed by atoms with E-state index in [4.69, 9.17) is 4.42 Å². The van der Waals surface area contributed by atoms with Gasteiger partial charge in [-0.25, -0.2) is 17.8 Å². The van der Waals surface area contributed by atoms with Crippen LogP contribution in [-0.4, -0.2) is 19.2 Å². The molecule has 0 atom stereocenters. The molecule has 0 amide bonds. The van der Waals surface area contributed by atoms with Crippen LogP contribution in [0, 0.1) is 5.82 Å². The van der Waals surface area contributed by atoms with Gasteiger partial charge in [0.05, 0.1) is 11.1 Å². The van der Waals surface area contributed by atoms with E-state index in [0.717, 1.165) is 17.7 Å². The summed E-state index contributed by atoms with van der Waals surface area (Å²) < 4.78 is 66.3. The monoisotopic (exact) mass is 399 g/mol. The minimum Gasteiger partial charge on any atom is -0.431 e. The van der Waals surface area contributed by atoms with Gasteiger partial charge in [0.1, 0.15) is 5.82 Å². The van der Waals surface area contributed by atoms with E-state index in [0.29, 0.717) is 22.3 Å². The predicted octanol–water partition coefficient (Wildman–Crippen LogP) is 4.77. The van der Waals surface area contributed by atoms with E-state index < -0.39 is 20.5 Å². The summed E-state index contributed by atoms with van der Waals surface area (Å²) in [6.07, 6.45) is 1.52. The summed E-state index contributed by atoms with van der Waals surface area (Å²) in [5.41, 5.74) is 1.41. The molecule has 0 saturated carbocycles. The van der Waals surface area contributed by atoms with E-state index in [1.165, 1.54) is 42.2 Å². The van der Waals surface area contributed by atoms with E-state index >= 15 is 0 Å². The SMILES string of the molecule is O=S(=O)(c1ccc(CSc2ncc(-c3ccc(F)cc3)o2)cc1)C(F)F. The molecule has 0 aliphatic heterocycles. The van der Waals surface area contributed by atoms with Gasteiger partial charge in [-0.2, -0.15) is 8.78 Å². The quantitative estimate of drug-likeness (QED) is 0.559. The fourth-order valence-corrected chi connectivity index (χ4v) is 3.58. The lowest BCUT2D eigenvalue weighted by Crippen LogP contribution is -2.11. The minimum absolute atomic E-state index is 0.347. The van der Waals surface area contributed by atoms with Crippen LogP contribution >= 0.6 is 11.8 Å². The zero-order chi connectivity index (χ0) is 18.7. The molecule has 136 valence electrons. The molecule has 1 heterocycles. The molecular weight excluding hydrogens is 387 g/mol. The first-order valence-corrected chi connectivity index (χ1v) is 9.85. The summed E-state index contributed by atoms with van der Waals surface area (Å²) in [6.45, 7) is 0. The van der Waals surface area contributed by atoms with Crippen molar-refractivity contribution in [2.45, 2.75) is 21.6 Å². The van der Waals surface area contributed by atoms with E-state index in [1.54, 1.807) is 12.1 Å². The van der Waals surface area contributed by atoms with Crippen LogP contribution in [0.1, 0.15) is 5.56 Å². The molecule has 0 aliphatic carbocycles. The molecule has 0 fully saturated rings. The highest BCUT2D eigenvalue weighted by Crippen LogP contribution is 2.28. The lowest BCUT2D eigenvalue weighted by atomic mass is 10.2. The number of hydrogen-bond acceptors (Lipinski definition) is 5. The highest BCUT2D eigenvalue weighted by Gasteiger charge is 2.26. The number of sulfone groups is 1. The van der Waals surface area contributed by atoms with Crippen molar-refractivity contribution in [3.05, 3.63) is 66.1 Å². The summed E-state index contributed by atoms with van der Waals surface area (Å²) in [7, 11) is -4.59. The van der Waals surface area contributed by atoms with Gasteiger partial charge in [0.2, 0.25) is 9.84 Å². The molecule has 0 spiro atoms. The number of aromatic nitrogens is 1. The Balaban J connectivity index is 1.65. The Kier molecular flexibility index (Phi) is 5.38. The highest BCUT2D eigenvalue weighted by atomic mass is 32.2. The van der Waals surface area contributed by atoms with Crippen LogP contribution in [0.4, 0.5) is 13.2 Å². The van der Waals surface area contributed by atoms with Gasteiger partial charge in [0.15, 0.2) is 5.76 Å². The largest absolute Gasteiger partial charge is 0.431 e. The Morgan fingerprint density at radius 2 is 1.69 bits per heavy atom. The van der Waals surface area contributed by atoms with Gasteiger partial charge in [-0.3, -0.25) is 0 Å². The van der Waals surface area contributed by atoms with Gasteiger partial charge in [-0.15, -0.1) is 0 Å². The van der Waals surface area contributed by atoms with Gasteiger partial charge < -0.3 is 4.42 Å². The number of benzene rings is 2. The number of oxazole rings is 1. The number of hydrogen-bond donors (Lipinski definition) is 0. The molecule has 3 aromatic rings. The molecule has 4 nitrogen and oxygen atoms in total. The van der Waals surface area contributed by atoms with E-state index in [9.17, 15) is 21.6 Å². The van der Waals surface area contributed by atoms with E-state index in [-0.39, 0.29) is 5.82 Å². The number of halogens is 3. The van der Waals surface area contributed by atoms with Gasteiger partial charge >= 0.3 is 5.76 Å². The molecule has 0 aliphatic rings. The molecule has 9 heteroatoms. The zero-order valence-electron chi connectivity index (χ0n) is 13.1. The van der Waals surface area contributed by atoms with E-state index in [2.05, 4.69) is 4.98 Å². The second kappa shape index (κ2) is 7.55. The lowest BCUT2D eigenvalue weighted by molar-refractivity contribution is 0.234. The van der Waals surface area contributed by atoms with Crippen molar-refractivity contribution < 1.29 is 26.0 Å². The summed E-state index contributed by atoms with van der Waals surface area (Å²) >= 11 is 1.26. The van der Waals surface area contributed by atoms with Gasteiger partial charge in [-0.05, 0) is 42.0 Å². The van der Waals surface area contributed by atoms with Crippen LogP contribution in [0.3, 0.4) is 0 Å². The maximum absolute atomic E-state index is 12.9. The molecule has 26 heavy (non-hydrogen) atoms. The number of alkyl halides is 2. The van der Waals surface area contributed by atoms with Crippen LogP contribution < -0.4 is 0 Å². The molecule has 0 bridgehead atoms. The maximum atomic E-state index is 12.9. The van der Waals surface area contributed by atoms with Crippen LogP contribution in [0.5, 0.6) is 0 Å². The van der Waals surface area contributed by atoms with Crippen molar-refractivity contribution in [3.8, 4) is 11.3 Å². The lowest BCUT2D eigenvalue weighted by Gasteiger charge is -2.04. The van der Waals surface area contributed by atoms with Crippen LogP contribution in [0.2, 0.25) is 0 Å². The van der Waals surface area contributed by atoms with E-state index in [1.807, 2.05) is 0 Å². The first-order chi connectivity index (χ1) is 12.4. The minimum atomic E-state index is -4.59. The summed E-state index contributed by atoms with van der Waals surface area (Å²) in [6, 6.07) is 11.0. The molecule has 0 saturated heterocycles. The Labute approximate surface area is 152 Å². The molecule has 1 aromatic heterocycles. The molecule has 3 rings (SSSR count). The second-order valence-electron chi connectivity index (χ2n) is 5.24. The predicted molar refractivity (Wildman–Crippen MR) is 91.1 cm³/mol. The zero-order valence-corrected chi connectivity index (χ0v) is 14.7. The highest BCUT2D eigenvalue weighted by molar-refractivity contribution is 7.98. The summed E-state index contributed by atoms with van der Waals surface area (Å²) in [5.74, 6) is -2.88. The number of thioether (sulfide) groups is 1. The molecule has 2 aromatic carbocycles. The average Bonchev–Trinajstić information content (AvgIpc) is 3.10. The first-order valence-electron chi connectivity index (χ1n) is 7.32. The van der Waals surface area contributed by atoms with Crippen LogP contribution in [0.25, 0.3) is 11.3 Å². The number of rotatable bonds is 6. The van der Waals surface area contributed by atoms with Gasteiger partial charge in [0.25, 0.3) is 5.22 Å². The van der Waals surface area contributed by atoms with Crippen molar-refractivity contribution in [3.63, 3.8) is 0 Å². The van der Waals surface area contributed by atoms with Crippen LogP contribution in [0.15, 0.2) is 69.3 Å². The topological polar surface area (TPSA) is 60.2 Å². The van der Waals surface area contributed by atoms with Crippen molar-refractivity contribution >= 4 is 21.6 Å². The molecule has 0 unspecified atom stereocenters. The molecular formula is C17H12F3NO3S2. The third-order valence-electron chi connectivity index (χ3n) is 3.46. The first kappa shape index (κ1) is 18.5. The fourth-order valence-electron chi connectivity index (χ4n) is 2.10. The maximum Gasteiger partial charge on any atom is 0.341 e. The third kappa shape index (κ3) is 4.10. The normalized spacial score (nSPS) is 11.8. The Morgan fingerprint density at radius 1 is 1.04 bits per heavy atom. The van der Waals surface area contributed by atoms with Gasteiger partial charge in [-0.1, -0.05) is 23.9 Å². The average molecular weight is 399 g/mol. The van der Waals surface area contributed by atoms with Crippen molar-refractivity contribution in [2.75, 3.05) is 0 Å². The van der Waals surface area contributed by atoms with Crippen molar-refractivity contribution in [1.82, 2.24) is 4.98 Å². The Bertz CT molecular complexity index is 985.